The van der Waals surface area contributed by atoms with E-state index in [9.17, 15) is 4.79 Å². The van der Waals surface area contributed by atoms with Crippen LogP contribution < -0.4 is 15.4 Å². The van der Waals surface area contributed by atoms with Crippen molar-refractivity contribution < 1.29 is 14.3 Å². The summed E-state index contributed by atoms with van der Waals surface area (Å²) in [5.74, 6) is 0.764. The maximum Gasteiger partial charge on any atom is 0.338 e. The Morgan fingerprint density at radius 1 is 1.28 bits per heavy atom. The molecule has 1 atom stereocenters. The molecule has 25 heavy (non-hydrogen) atoms. The van der Waals surface area contributed by atoms with Crippen molar-refractivity contribution in [3.05, 3.63) is 41.1 Å². The van der Waals surface area contributed by atoms with Gasteiger partial charge in [0.2, 0.25) is 0 Å². The third-order valence-electron chi connectivity index (χ3n) is 3.72. The van der Waals surface area contributed by atoms with Crippen LogP contribution in [0.2, 0.25) is 0 Å². The minimum absolute atomic E-state index is 0.281. The first-order chi connectivity index (χ1) is 11.9. The zero-order valence-corrected chi connectivity index (χ0v) is 16.0. The fourth-order valence-corrected chi connectivity index (χ4v) is 2.78. The van der Waals surface area contributed by atoms with Gasteiger partial charge < -0.3 is 20.1 Å². The number of benzene rings is 1. The number of thiocarbonyl (C=S) groups is 1. The van der Waals surface area contributed by atoms with Gasteiger partial charge in [0.15, 0.2) is 5.11 Å². The van der Waals surface area contributed by atoms with Crippen LogP contribution in [0.1, 0.15) is 45.7 Å². The van der Waals surface area contributed by atoms with Gasteiger partial charge in [-0.2, -0.15) is 0 Å². The molecule has 2 rings (SSSR count). The number of esters is 1. The molecule has 1 aliphatic rings. The highest BCUT2D eigenvalue weighted by atomic mass is 32.1. The van der Waals surface area contributed by atoms with Gasteiger partial charge >= 0.3 is 5.97 Å². The zero-order valence-electron chi connectivity index (χ0n) is 15.2. The van der Waals surface area contributed by atoms with Crippen molar-refractivity contribution in [2.75, 3.05) is 13.2 Å². The van der Waals surface area contributed by atoms with Gasteiger partial charge in [-0.15, -0.1) is 0 Å². The van der Waals surface area contributed by atoms with Gasteiger partial charge in [-0.3, -0.25) is 0 Å². The Balaban J connectivity index is 2.24. The standard InChI is InChI=1S/C19H26N2O3S/c1-5-10-23-15-8-6-14(7-9-15)17-16(13(4)20-19(25)21-17)18(22)24-11-12(2)3/h6-9,12,17H,5,10-11H2,1-4H3,(H2,20,21,25)/t17-/m1/s1. The molecule has 0 bridgehead atoms. The first-order valence-electron chi connectivity index (χ1n) is 8.60. The molecule has 0 spiro atoms. The number of hydrogen-bond acceptors (Lipinski definition) is 4. The number of carbonyl (C=O) groups excluding carboxylic acids is 1. The SMILES string of the molecule is CCCOc1ccc([C@H]2NC(=S)NC(C)=C2C(=O)OCC(C)C)cc1. The van der Waals surface area contributed by atoms with Crippen LogP contribution in [0.25, 0.3) is 0 Å². The normalized spacial score (nSPS) is 17.2. The third-order valence-corrected chi connectivity index (χ3v) is 3.94. The third kappa shape index (κ3) is 5.19. The molecule has 0 saturated heterocycles. The molecule has 1 aliphatic heterocycles. The second-order valence-electron chi connectivity index (χ2n) is 6.48. The first kappa shape index (κ1) is 19.2. The average Bonchev–Trinajstić information content (AvgIpc) is 2.57. The van der Waals surface area contributed by atoms with Crippen molar-refractivity contribution in [2.24, 2.45) is 5.92 Å². The van der Waals surface area contributed by atoms with Gasteiger partial charge in [0, 0.05) is 5.70 Å². The molecule has 0 aliphatic carbocycles. The highest BCUT2D eigenvalue weighted by Crippen LogP contribution is 2.29. The van der Waals surface area contributed by atoms with Gasteiger partial charge in [0.1, 0.15) is 5.75 Å². The van der Waals surface area contributed by atoms with E-state index in [0.717, 1.165) is 17.7 Å². The van der Waals surface area contributed by atoms with Gasteiger partial charge in [-0.25, -0.2) is 4.79 Å². The molecule has 1 aromatic carbocycles. The van der Waals surface area contributed by atoms with Crippen LogP contribution in [-0.2, 0) is 9.53 Å². The van der Waals surface area contributed by atoms with E-state index in [1.807, 2.05) is 45.0 Å². The van der Waals surface area contributed by atoms with Crippen LogP contribution in [0.4, 0.5) is 0 Å². The molecular formula is C19H26N2O3S. The largest absolute Gasteiger partial charge is 0.494 e. The smallest absolute Gasteiger partial charge is 0.338 e. The Morgan fingerprint density at radius 3 is 2.56 bits per heavy atom. The Morgan fingerprint density at radius 2 is 1.96 bits per heavy atom. The van der Waals surface area contributed by atoms with Crippen molar-refractivity contribution in [1.82, 2.24) is 10.6 Å². The van der Waals surface area contributed by atoms with E-state index in [-0.39, 0.29) is 17.9 Å². The molecule has 0 radical (unpaired) electrons. The molecule has 0 aromatic heterocycles. The summed E-state index contributed by atoms with van der Waals surface area (Å²) in [5.41, 5.74) is 2.20. The Bertz CT molecular complexity index is 653. The predicted octanol–water partition coefficient (Wildman–Crippen LogP) is 3.47. The van der Waals surface area contributed by atoms with Crippen LogP contribution in [0.3, 0.4) is 0 Å². The van der Waals surface area contributed by atoms with Crippen molar-refractivity contribution in [1.29, 1.82) is 0 Å². The molecule has 5 nitrogen and oxygen atoms in total. The monoisotopic (exact) mass is 362 g/mol. The molecule has 2 N–H and O–H groups in total. The van der Waals surface area contributed by atoms with E-state index < -0.39 is 0 Å². The Labute approximate surface area is 154 Å². The number of rotatable bonds is 7. The molecule has 0 unspecified atom stereocenters. The molecule has 1 heterocycles. The van der Waals surface area contributed by atoms with E-state index in [4.69, 9.17) is 21.7 Å². The van der Waals surface area contributed by atoms with Gasteiger partial charge in [-0.1, -0.05) is 32.9 Å². The molecule has 136 valence electrons. The van der Waals surface area contributed by atoms with Crippen LogP contribution in [0.15, 0.2) is 35.5 Å². The summed E-state index contributed by atoms with van der Waals surface area (Å²) in [6.45, 7) is 8.99. The summed E-state index contributed by atoms with van der Waals surface area (Å²) >= 11 is 5.26. The molecule has 1 aromatic rings. The highest BCUT2D eigenvalue weighted by molar-refractivity contribution is 7.80. The van der Waals surface area contributed by atoms with Crippen LogP contribution in [0, 0.1) is 5.92 Å². The average molecular weight is 362 g/mol. The number of allylic oxidation sites excluding steroid dienone is 1. The minimum Gasteiger partial charge on any atom is -0.494 e. The maximum absolute atomic E-state index is 12.6. The van der Waals surface area contributed by atoms with E-state index in [2.05, 4.69) is 17.6 Å². The van der Waals surface area contributed by atoms with Crippen LogP contribution in [-0.4, -0.2) is 24.3 Å². The predicted molar refractivity (Wildman–Crippen MR) is 102 cm³/mol. The minimum atomic E-state index is -0.339. The second kappa shape index (κ2) is 8.85. The number of ether oxygens (including phenoxy) is 2. The Hall–Kier alpha value is -2.08. The lowest BCUT2D eigenvalue weighted by Crippen LogP contribution is -2.45. The summed E-state index contributed by atoms with van der Waals surface area (Å²) in [5, 5.41) is 6.67. The summed E-state index contributed by atoms with van der Waals surface area (Å²) in [7, 11) is 0. The zero-order chi connectivity index (χ0) is 18.4. The maximum atomic E-state index is 12.6. The van der Waals surface area contributed by atoms with Crippen LogP contribution in [0.5, 0.6) is 5.75 Å². The lowest BCUT2D eigenvalue weighted by Gasteiger charge is -2.30. The molecule has 0 amide bonds. The first-order valence-corrected chi connectivity index (χ1v) is 9.01. The van der Waals surface area contributed by atoms with E-state index in [0.29, 0.717) is 29.6 Å². The highest BCUT2D eigenvalue weighted by Gasteiger charge is 2.31. The van der Waals surface area contributed by atoms with Crippen molar-refractivity contribution in [3.63, 3.8) is 0 Å². The van der Waals surface area contributed by atoms with Crippen molar-refractivity contribution >= 4 is 23.3 Å². The fourth-order valence-electron chi connectivity index (χ4n) is 2.51. The lowest BCUT2D eigenvalue weighted by molar-refractivity contribution is -0.140. The lowest BCUT2D eigenvalue weighted by atomic mass is 9.95. The number of carbonyl (C=O) groups is 1. The van der Waals surface area contributed by atoms with Gasteiger partial charge in [-0.05, 0) is 49.2 Å². The molecule has 0 saturated carbocycles. The summed E-state index contributed by atoms with van der Waals surface area (Å²) in [6, 6.07) is 7.36. The summed E-state index contributed by atoms with van der Waals surface area (Å²) in [4.78, 5) is 12.6. The summed E-state index contributed by atoms with van der Waals surface area (Å²) < 4.78 is 11.0. The second-order valence-corrected chi connectivity index (χ2v) is 6.89. The van der Waals surface area contributed by atoms with E-state index >= 15 is 0 Å². The molecule has 6 heteroatoms. The molecular weight excluding hydrogens is 336 g/mol. The summed E-state index contributed by atoms with van der Waals surface area (Å²) in [6.07, 6.45) is 0.958. The van der Waals surface area contributed by atoms with Gasteiger partial charge in [0.25, 0.3) is 0 Å². The van der Waals surface area contributed by atoms with E-state index in [1.165, 1.54) is 0 Å². The molecule has 0 fully saturated rings. The van der Waals surface area contributed by atoms with Crippen molar-refractivity contribution in [3.8, 4) is 5.75 Å². The van der Waals surface area contributed by atoms with E-state index in [1.54, 1.807) is 0 Å². The van der Waals surface area contributed by atoms with Crippen LogP contribution >= 0.6 is 12.2 Å². The Kier molecular flexibility index (Phi) is 6.82. The topological polar surface area (TPSA) is 59.6 Å². The van der Waals surface area contributed by atoms with Crippen molar-refractivity contribution in [2.45, 2.75) is 40.2 Å². The number of nitrogens with one attached hydrogen (secondary N) is 2. The fraction of sp³-hybridized carbons (Fsp3) is 0.474. The quantitative estimate of drug-likeness (QED) is 0.572. The van der Waals surface area contributed by atoms with Gasteiger partial charge in [0.05, 0.1) is 24.8 Å². The number of hydrogen-bond donors (Lipinski definition) is 2.